The summed E-state index contributed by atoms with van der Waals surface area (Å²) in [6.45, 7) is 6.51. The summed E-state index contributed by atoms with van der Waals surface area (Å²) in [5.41, 5.74) is 6.13. The molecule has 0 aliphatic rings. The number of benzene rings is 1. The van der Waals surface area contributed by atoms with E-state index in [1.807, 2.05) is 13.8 Å². The molecule has 0 saturated carbocycles. The Morgan fingerprint density at radius 1 is 1.24 bits per heavy atom. The van der Waals surface area contributed by atoms with Crippen molar-refractivity contribution >= 4 is 0 Å². The monoisotopic (exact) mass is 241 g/mol. The Balaban J connectivity index is 2.61. The normalized spacial score (nSPS) is 12.8. The highest BCUT2D eigenvalue weighted by molar-refractivity contribution is 5.36. The standard InChI is InChI=1S/C13H20FNO2/c1-9(2)16-7-8-17-12-6-4-5-11(14)13(12)10(3)15/h4-6,9-10H,7-8,15H2,1-3H3/t10-/m0/s1. The number of hydrogen-bond acceptors (Lipinski definition) is 3. The Labute approximate surface area is 102 Å². The van der Waals surface area contributed by atoms with Gasteiger partial charge >= 0.3 is 0 Å². The maximum absolute atomic E-state index is 13.5. The molecule has 0 saturated heterocycles. The van der Waals surface area contributed by atoms with Crippen molar-refractivity contribution in [3.8, 4) is 5.75 Å². The molecule has 0 unspecified atom stereocenters. The summed E-state index contributed by atoms with van der Waals surface area (Å²) in [7, 11) is 0. The second-order valence-corrected chi connectivity index (χ2v) is 4.21. The minimum absolute atomic E-state index is 0.166. The molecule has 4 heteroatoms. The molecule has 0 bridgehead atoms. The molecular formula is C13H20FNO2. The zero-order chi connectivity index (χ0) is 12.8. The van der Waals surface area contributed by atoms with Crippen LogP contribution in [0.15, 0.2) is 18.2 Å². The molecule has 0 aliphatic carbocycles. The van der Waals surface area contributed by atoms with E-state index in [1.54, 1.807) is 19.1 Å². The van der Waals surface area contributed by atoms with Crippen LogP contribution in [0.4, 0.5) is 4.39 Å². The molecule has 1 aromatic rings. The van der Waals surface area contributed by atoms with Gasteiger partial charge in [-0.25, -0.2) is 4.39 Å². The van der Waals surface area contributed by atoms with Gasteiger partial charge in [0.15, 0.2) is 0 Å². The smallest absolute Gasteiger partial charge is 0.131 e. The van der Waals surface area contributed by atoms with Gasteiger partial charge in [-0.15, -0.1) is 0 Å². The lowest BCUT2D eigenvalue weighted by Crippen LogP contribution is -2.14. The Morgan fingerprint density at radius 3 is 2.53 bits per heavy atom. The first-order chi connectivity index (χ1) is 8.02. The van der Waals surface area contributed by atoms with Crippen LogP contribution in [0.2, 0.25) is 0 Å². The summed E-state index contributed by atoms with van der Waals surface area (Å²) >= 11 is 0. The fraction of sp³-hybridized carbons (Fsp3) is 0.538. The van der Waals surface area contributed by atoms with E-state index < -0.39 is 6.04 Å². The number of ether oxygens (including phenoxy) is 2. The van der Waals surface area contributed by atoms with Crippen molar-refractivity contribution in [2.45, 2.75) is 32.9 Å². The molecule has 3 nitrogen and oxygen atoms in total. The molecule has 1 atom stereocenters. The van der Waals surface area contributed by atoms with Crippen LogP contribution in [-0.4, -0.2) is 19.3 Å². The van der Waals surface area contributed by atoms with Gasteiger partial charge in [0.25, 0.3) is 0 Å². The SMILES string of the molecule is CC(C)OCCOc1cccc(F)c1[C@H](C)N. The molecule has 0 spiro atoms. The Hall–Kier alpha value is -1.13. The number of hydrogen-bond donors (Lipinski definition) is 1. The largest absolute Gasteiger partial charge is 0.491 e. The molecule has 1 rings (SSSR count). The molecule has 1 aromatic carbocycles. The molecule has 17 heavy (non-hydrogen) atoms. The average molecular weight is 241 g/mol. The van der Waals surface area contributed by atoms with Gasteiger partial charge in [0.1, 0.15) is 18.2 Å². The fourth-order valence-corrected chi connectivity index (χ4v) is 1.52. The van der Waals surface area contributed by atoms with Gasteiger partial charge in [-0.1, -0.05) is 6.07 Å². The van der Waals surface area contributed by atoms with E-state index in [0.717, 1.165) is 0 Å². The summed E-state index contributed by atoms with van der Waals surface area (Å²) in [5.74, 6) is 0.162. The van der Waals surface area contributed by atoms with Gasteiger partial charge in [0, 0.05) is 11.6 Å². The van der Waals surface area contributed by atoms with Gasteiger partial charge in [-0.2, -0.15) is 0 Å². The zero-order valence-corrected chi connectivity index (χ0v) is 10.6. The zero-order valence-electron chi connectivity index (χ0n) is 10.6. The average Bonchev–Trinajstić information content (AvgIpc) is 2.23. The van der Waals surface area contributed by atoms with E-state index in [-0.39, 0.29) is 11.9 Å². The molecule has 0 fully saturated rings. The first-order valence-electron chi connectivity index (χ1n) is 5.80. The third kappa shape index (κ3) is 4.32. The van der Waals surface area contributed by atoms with Crippen LogP contribution in [-0.2, 0) is 4.74 Å². The van der Waals surface area contributed by atoms with Crippen LogP contribution in [0.5, 0.6) is 5.75 Å². The molecule has 0 radical (unpaired) electrons. The summed E-state index contributed by atoms with van der Waals surface area (Å²) in [6, 6.07) is 4.32. The molecule has 0 amide bonds. The lowest BCUT2D eigenvalue weighted by molar-refractivity contribution is 0.0549. The molecular weight excluding hydrogens is 221 g/mol. The van der Waals surface area contributed by atoms with Crippen LogP contribution >= 0.6 is 0 Å². The second kappa shape index (κ2) is 6.57. The fourth-order valence-electron chi connectivity index (χ4n) is 1.52. The van der Waals surface area contributed by atoms with Crippen molar-refractivity contribution in [3.05, 3.63) is 29.6 Å². The van der Waals surface area contributed by atoms with Crippen LogP contribution in [0.25, 0.3) is 0 Å². The summed E-state index contributed by atoms with van der Waals surface area (Å²) in [4.78, 5) is 0. The van der Waals surface area contributed by atoms with Crippen molar-refractivity contribution in [1.82, 2.24) is 0 Å². The molecule has 0 heterocycles. The second-order valence-electron chi connectivity index (χ2n) is 4.21. The van der Waals surface area contributed by atoms with E-state index in [2.05, 4.69) is 0 Å². The minimum Gasteiger partial charge on any atom is -0.491 e. The van der Waals surface area contributed by atoms with E-state index in [1.165, 1.54) is 6.07 Å². The quantitative estimate of drug-likeness (QED) is 0.779. The third-order valence-electron chi connectivity index (χ3n) is 2.26. The first-order valence-corrected chi connectivity index (χ1v) is 5.80. The third-order valence-corrected chi connectivity index (χ3v) is 2.26. The van der Waals surface area contributed by atoms with Crippen LogP contribution < -0.4 is 10.5 Å². The summed E-state index contributed by atoms with van der Waals surface area (Å²) in [5, 5.41) is 0. The van der Waals surface area contributed by atoms with Crippen molar-refractivity contribution < 1.29 is 13.9 Å². The van der Waals surface area contributed by atoms with E-state index in [4.69, 9.17) is 15.2 Å². The van der Waals surface area contributed by atoms with Crippen molar-refractivity contribution in [2.24, 2.45) is 5.73 Å². The van der Waals surface area contributed by atoms with Crippen LogP contribution in [0.1, 0.15) is 32.4 Å². The Morgan fingerprint density at radius 2 is 1.94 bits per heavy atom. The lowest BCUT2D eigenvalue weighted by Gasteiger charge is -2.15. The van der Waals surface area contributed by atoms with E-state index >= 15 is 0 Å². The van der Waals surface area contributed by atoms with Crippen molar-refractivity contribution in [1.29, 1.82) is 0 Å². The molecule has 0 aromatic heterocycles. The number of rotatable bonds is 6. The van der Waals surface area contributed by atoms with Gasteiger partial charge in [-0.3, -0.25) is 0 Å². The maximum atomic E-state index is 13.5. The van der Waals surface area contributed by atoms with E-state index in [0.29, 0.717) is 24.5 Å². The predicted molar refractivity (Wildman–Crippen MR) is 65.6 cm³/mol. The first kappa shape index (κ1) is 13.9. The maximum Gasteiger partial charge on any atom is 0.131 e. The molecule has 2 N–H and O–H groups in total. The van der Waals surface area contributed by atoms with Crippen LogP contribution in [0.3, 0.4) is 0 Å². The van der Waals surface area contributed by atoms with E-state index in [9.17, 15) is 4.39 Å². The number of halogens is 1. The molecule has 0 aliphatic heterocycles. The Kier molecular flexibility index (Phi) is 5.38. The van der Waals surface area contributed by atoms with Gasteiger partial charge < -0.3 is 15.2 Å². The van der Waals surface area contributed by atoms with Gasteiger partial charge in [-0.05, 0) is 32.9 Å². The van der Waals surface area contributed by atoms with Crippen molar-refractivity contribution in [2.75, 3.05) is 13.2 Å². The van der Waals surface area contributed by atoms with Gasteiger partial charge in [0.05, 0.1) is 12.7 Å². The summed E-state index contributed by atoms with van der Waals surface area (Å²) in [6.07, 6.45) is 0.166. The highest BCUT2D eigenvalue weighted by Gasteiger charge is 2.13. The highest BCUT2D eigenvalue weighted by atomic mass is 19.1. The Bertz CT molecular complexity index is 353. The topological polar surface area (TPSA) is 44.5 Å². The minimum atomic E-state index is -0.391. The molecule has 96 valence electrons. The summed E-state index contributed by atoms with van der Waals surface area (Å²) < 4.78 is 24.4. The predicted octanol–water partition coefficient (Wildman–Crippen LogP) is 2.65. The van der Waals surface area contributed by atoms with Crippen LogP contribution in [0, 0.1) is 5.82 Å². The van der Waals surface area contributed by atoms with Crippen molar-refractivity contribution in [3.63, 3.8) is 0 Å². The highest BCUT2D eigenvalue weighted by Crippen LogP contribution is 2.26. The number of nitrogens with two attached hydrogens (primary N) is 1. The van der Waals surface area contributed by atoms with Gasteiger partial charge in [0.2, 0.25) is 0 Å². The lowest BCUT2D eigenvalue weighted by atomic mass is 10.1.